The number of aliphatic carboxylic acids is 1. The number of rotatable bonds is 3. The van der Waals surface area contributed by atoms with Gasteiger partial charge in [0.15, 0.2) is 12.1 Å². The molecule has 0 radical (unpaired) electrons. The van der Waals surface area contributed by atoms with Gasteiger partial charge >= 0.3 is 5.97 Å². The molecule has 1 aliphatic rings. The summed E-state index contributed by atoms with van der Waals surface area (Å²) in [4.78, 5) is 30.0. The summed E-state index contributed by atoms with van der Waals surface area (Å²) < 4.78 is 5.07. The zero-order valence-electron chi connectivity index (χ0n) is 12.9. The third-order valence-corrected chi connectivity index (χ3v) is 4.59. The predicted octanol–water partition coefficient (Wildman–Crippen LogP) is 2.24. The van der Waals surface area contributed by atoms with Gasteiger partial charge in [-0.3, -0.25) is 9.59 Å². The number of aromatic nitrogens is 1. The van der Waals surface area contributed by atoms with E-state index in [1.165, 1.54) is 6.39 Å². The van der Waals surface area contributed by atoms with E-state index in [0.29, 0.717) is 37.4 Å². The first-order valence-electron chi connectivity index (χ1n) is 7.53. The van der Waals surface area contributed by atoms with Crippen LogP contribution in [-0.4, -0.2) is 40.0 Å². The van der Waals surface area contributed by atoms with Gasteiger partial charge in [0, 0.05) is 13.1 Å². The number of hydrogen-bond acceptors (Lipinski definition) is 4. The molecule has 2 aromatic rings. The molecule has 1 aromatic carbocycles. The average Bonchev–Trinajstić information content (AvgIpc) is 3.01. The maximum Gasteiger partial charge on any atom is 0.314 e. The predicted molar refractivity (Wildman–Crippen MR) is 82.1 cm³/mol. The summed E-state index contributed by atoms with van der Waals surface area (Å²) in [5.41, 5.74) is 0.154. The second kappa shape index (κ2) is 5.87. The molecule has 1 aliphatic heterocycles. The maximum absolute atomic E-state index is 12.5. The fourth-order valence-electron chi connectivity index (χ4n) is 3.14. The Hall–Kier alpha value is -2.63. The molecule has 0 spiro atoms. The Kier molecular flexibility index (Phi) is 3.90. The number of carboxylic acid groups (broad SMARTS) is 1. The highest BCUT2D eigenvalue weighted by Gasteiger charge is 2.44. The fourth-order valence-corrected chi connectivity index (χ4v) is 3.14. The summed E-state index contributed by atoms with van der Waals surface area (Å²) in [6.07, 6.45) is 2.02. The highest BCUT2D eigenvalue weighted by Crippen LogP contribution is 2.36. The quantitative estimate of drug-likeness (QED) is 0.939. The van der Waals surface area contributed by atoms with Gasteiger partial charge in [0.05, 0.1) is 5.41 Å². The van der Waals surface area contributed by atoms with Crippen molar-refractivity contribution in [1.82, 2.24) is 9.88 Å². The van der Waals surface area contributed by atoms with Crippen LogP contribution >= 0.6 is 0 Å². The minimum Gasteiger partial charge on any atom is -0.481 e. The summed E-state index contributed by atoms with van der Waals surface area (Å²) in [6, 6.07) is 9.23. The fraction of sp³-hybridized carbons (Fsp3) is 0.353. The standard InChI is InChI=1S/C17H18N2O4/c1-12-14(18-11-23-12)15(20)19-9-7-17(8-10-19,16(21)22)13-5-3-2-4-6-13/h2-6,11H,7-10H2,1H3,(H,21,22). The zero-order chi connectivity index (χ0) is 16.4. The minimum absolute atomic E-state index is 0.205. The van der Waals surface area contributed by atoms with Crippen molar-refractivity contribution in [2.75, 3.05) is 13.1 Å². The van der Waals surface area contributed by atoms with Crippen molar-refractivity contribution >= 4 is 11.9 Å². The molecule has 0 unspecified atom stereocenters. The lowest BCUT2D eigenvalue weighted by molar-refractivity contribution is -0.145. The van der Waals surface area contributed by atoms with E-state index in [-0.39, 0.29) is 5.91 Å². The smallest absolute Gasteiger partial charge is 0.314 e. The molecule has 2 heterocycles. The van der Waals surface area contributed by atoms with Crippen LogP contribution in [0.3, 0.4) is 0 Å². The largest absolute Gasteiger partial charge is 0.481 e. The van der Waals surface area contributed by atoms with Crippen molar-refractivity contribution in [2.45, 2.75) is 25.2 Å². The minimum atomic E-state index is -0.934. The van der Waals surface area contributed by atoms with E-state index >= 15 is 0 Å². The van der Waals surface area contributed by atoms with Crippen LogP contribution in [0.4, 0.5) is 0 Å². The van der Waals surface area contributed by atoms with E-state index < -0.39 is 11.4 Å². The van der Waals surface area contributed by atoms with E-state index in [1.807, 2.05) is 30.3 Å². The molecule has 23 heavy (non-hydrogen) atoms. The normalized spacial score (nSPS) is 17.0. The first kappa shape index (κ1) is 15.3. The van der Waals surface area contributed by atoms with Gasteiger partial charge in [-0.05, 0) is 25.3 Å². The van der Waals surface area contributed by atoms with Crippen LogP contribution < -0.4 is 0 Å². The van der Waals surface area contributed by atoms with E-state index in [0.717, 1.165) is 5.56 Å². The number of benzene rings is 1. The molecule has 1 N–H and O–H groups in total. The Bertz CT molecular complexity index is 715. The number of likely N-dealkylation sites (tertiary alicyclic amines) is 1. The number of carbonyl (C=O) groups excluding carboxylic acids is 1. The molecule has 1 saturated heterocycles. The van der Waals surface area contributed by atoms with E-state index in [1.54, 1.807) is 11.8 Å². The highest BCUT2D eigenvalue weighted by atomic mass is 16.4. The lowest BCUT2D eigenvalue weighted by Gasteiger charge is -2.39. The van der Waals surface area contributed by atoms with Crippen LogP contribution in [0.25, 0.3) is 0 Å². The third kappa shape index (κ3) is 2.60. The van der Waals surface area contributed by atoms with Crippen molar-refractivity contribution in [3.05, 3.63) is 53.7 Å². The molecule has 1 amide bonds. The van der Waals surface area contributed by atoms with Gasteiger partial charge < -0.3 is 14.4 Å². The molecule has 1 aromatic heterocycles. The Morgan fingerprint density at radius 1 is 1.22 bits per heavy atom. The number of nitrogens with zero attached hydrogens (tertiary/aromatic N) is 2. The molecule has 3 rings (SSSR count). The van der Waals surface area contributed by atoms with Crippen molar-refractivity contribution in [2.24, 2.45) is 0 Å². The number of carbonyl (C=O) groups is 2. The molecule has 6 nitrogen and oxygen atoms in total. The van der Waals surface area contributed by atoms with Crippen LogP contribution in [0.1, 0.15) is 34.7 Å². The summed E-state index contributed by atoms with van der Waals surface area (Å²) >= 11 is 0. The van der Waals surface area contributed by atoms with Crippen molar-refractivity contribution in [3.8, 4) is 0 Å². The lowest BCUT2D eigenvalue weighted by Crippen LogP contribution is -2.49. The van der Waals surface area contributed by atoms with Crippen LogP contribution in [-0.2, 0) is 10.2 Å². The van der Waals surface area contributed by atoms with Crippen molar-refractivity contribution in [1.29, 1.82) is 0 Å². The van der Waals surface area contributed by atoms with Crippen LogP contribution in [0.15, 0.2) is 41.1 Å². The molecule has 0 atom stereocenters. The van der Waals surface area contributed by atoms with Gasteiger partial charge in [-0.1, -0.05) is 30.3 Å². The van der Waals surface area contributed by atoms with Crippen LogP contribution in [0.2, 0.25) is 0 Å². The second-order valence-electron chi connectivity index (χ2n) is 5.80. The number of oxazole rings is 1. The summed E-state index contributed by atoms with van der Waals surface area (Å²) in [7, 11) is 0. The SMILES string of the molecule is Cc1ocnc1C(=O)N1CCC(C(=O)O)(c2ccccc2)CC1. The maximum atomic E-state index is 12.5. The molecule has 0 aliphatic carbocycles. The molecule has 0 bridgehead atoms. The average molecular weight is 314 g/mol. The van der Waals surface area contributed by atoms with Gasteiger partial charge in [-0.15, -0.1) is 0 Å². The Labute approximate surface area is 133 Å². The lowest BCUT2D eigenvalue weighted by atomic mass is 9.73. The highest BCUT2D eigenvalue weighted by molar-refractivity contribution is 5.93. The Morgan fingerprint density at radius 2 is 1.87 bits per heavy atom. The molecule has 1 fully saturated rings. The van der Waals surface area contributed by atoms with Gasteiger partial charge in [0.1, 0.15) is 5.76 Å². The van der Waals surface area contributed by atoms with Gasteiger partial charge in [-0.2, -0.15) is 0 Å². The first-order valence-corrected chi connectivity index (χ1v) is 7.53. The van der Waals surface area contributed by atoms with Crippen LogP contribution in [0, 0.1) is 6.92 Å². The van der Waals surface area contributed by atoms with Crippen molar-refractivity contribution in [3.63, 3.8) is 0 Å². The summed E-state index contributed by atoms with van der Waals surface area (Å²) in [5, 5.41) is 9.76. The topological polar surface area (TPSA) is 83.6 Å². The Morgan fingerprint density at radius 3 is 2.39 bits per heavy atom. The zero-order valence-corrected chi connectivity index (χ0v) is 12.9. The second-order valence-corrected chi connectivity index (χ2v) is 5.80. The van der Waals surface area contributed by atoms with E-state index in [9.17, 15) is 14.7 Å². The number of carboxylic acids is 1. The van der Waals surface area contributed by atoms with E-state index in [4.69, 9.17) is 4.42 Å². The molecule has 120 valence electrons. The summed E-state index contributed by atoms with van der Waals surface area (Å²) in [6.45, 7) is 2.45. The molecule has 6 heteroatoms. The van der Waals surface area contributed by atoms with Gasteiger partial charge in [-0.25, -0.2) is 4.98 Å². The monoisotopic (exact) mass is 314 g/mol. The van der Waals surface area contributed by atoms with Gasteiger partial charge in [0.2, 0.25) is 0 Å². The molecule has 0 saturated carbocycles. The number of amides is 1. The van der Waals surface area contributed by atoms with Crippen molar-refractivity contribution < 1.29 is 19.1 Å². The van der Waals surface area contributed by atoms with Gasteiger partial charge in [0.25, 0.3) is 5.91 Å². The first-order chi connectivity index (χ1) is 11.0. The Balaban J connectivity index is 1.80. The molecular formula is C17H18N2O4. The van der Waals surface area contributed by atoms with Crippen LogP contribution in [0.5, 0.6) is 0 Å². The number of hydrogen-bond donors (Lipinski definition) is 1. The third-order valence-electron chi connectivity index (χ3n) is 4.59. The number of piperidine rings is 1. The van der Waals surface area contributed by atoms with E-state index in [2.05, 4.69) is 4.98 Å². The summed E-state index contributed by atoms with van der Waals surface area (Å²) in [5.74, 6) is -0.565. The number of aryl methyl sites for hydroxylation is 1. The molecular weight excluding hydrogens is 296 g/mol.